The Morgan fingerprint density at radius 3 is 1.60 bits per heavy atom. The molecule has 0 bridgehead atoms. The molecule has 0 amide bonds. The Bertz CT molecular complexity index is 255. The van der Waals surface area contributed by atoms with E-state index >= 15 is 0 Å². The van der Waals surface area contributed by atoms with Gasteiger partial charge in [-0.3, -0.25) is 0 Å². The second-order valence-electron chi connectivity index (χ2n) is 3.64. The van der Waals surface area contributed by atoms with Crippen molar-refractivity contribution < 1.29 is 8.78 Å². The van der Waals surface area contributed by atoms with E-state index in [9.17, 15) is 8.78 Å². The lowest BCUT2D eigenvalue weighted by molar-refractivity contribution is -0.00447. The lowest BCUT2D eigenvalue weighted by Gasteiger charge is -2.17. The minimum atomic E-state index is -2.67. The molecule has 2 heteroatoms. The minimum absolute atomic E-state index is 0.775. The van der Waals surface area contributed by atoms with Gasteiger partial charge in [0, 0.05) is 6.92 Å². The van der Waals surface area contributed by atoms with Gasteiger partial charge in [0.1, 0.15) is 0 Å². The summed E-state index contributed by atoms with van der Waals surface area (Å²) in [6, 6.07) is 0. The van der Waals surface area contributed by atoms with Crippen LogP contribution in [-0.4, -0.2) is 5.92 Å². The van der Waals surface area contributed by atoms with Crippen LogP contribution in [0, 0.1) is 5.92 Å². The predicted molar refractivity (Wildman–Crippen MR) is 62.1 cm³/mol. The lowest BCUT2D eigenvalue weighted by Crippen LogP contribution is -2.20. The monoisotopic (exact) mass is 214 g/mol. The zero-order valence-electron chi connectivity index (χ0n) is 10.1. The summed E-state index contributed by atoms with van der Waals surface area (Å²) in [5, 5.41) is 0. The van der Waals surface area contributed by atoms with Crippen LogP contribution in [0.15, 0.2) is 35.5 Å². The van der Waals surface area contributed by atoms with E-state index in [0.29, 0.717) is 0 Å². The predicted octanol–water partition coefficient (Wildman–Crippen LogP) is 4.75. The number of hydrogen-bond acceptors (Lipinski definition) is 0. The van der Waals surface area contributed by atoms with Gasteiger partial charge in [-0.2, -0.15) is 0 Å². The third-order valence-electron chi connectivity index (χ3n) is 2.08. The molecule has 0 nitrogen and oxygen atoms in total. The van der Waals surface area contributed by atoms with Crippen LogP contribution >= 0.6 is 0 Å². The summed E-state index contributed by atoms with van der Waals surface area (Å²) in [6.07, 6.45) is 6.93. The standard InChI is InChI=1S/C11H14F2.C2H6/c1-8-4-5-9(2)7-10(6-8)11(3,12)13;1-2/h4-7,10H,1-3H3;1-2H3. The number of hydrogen-bond donors (Lipinski definition) is 0. The normalized spacial score (nSPS) is 17.3. The van der Waals surface area contributed by atoms with Gasteiger partial charge < -0.3 is 0 Å². The Morgan fingerprint density at radius 1 is 1.00 bits per heavy atom. The number of allylic oxidation sites excluding steroid dienone is 6. The first-order valence-corrected chi connectivity index (χ1v) is 5.32. The largest absolute Gasteiger partial charge is 0.255 e. The van der Waals surface area contributed by atoms with Crippen LogP contribution in [0.5, 0.6) is 0 Å². The van der Waals surface area contributed by atoms with E-state index in [2.05, 4.69) is 0 Å². The molecule has 0 heterocycles. The van der Waals surface area contributed by atoms with Gasteiger partial charge in [-0.15, -0.1) is 0 Å². The summed E-state index contributed by atoms with van der Waals surface area (Å²) in [6.45, 7) is 8.62. The van der Waals surface area contributed by atoms with Crippen molar-refractivity contribution in [2.45, 2.75) is 40.5 Å². The zero-order valence-corrected chi connectivity index (χ0v) is 10.1. The molecular weight excluding hydrogens is 194 g/mol. The van der Waals surface area contributed by atoms with Gasteiger partial charge in [0.05, 0.1) is 5.92 Å². The molecule has 0 aromatic carbocycles. The summed E-state index contributed by atoms with van der Waals surface area (Å²) in [4.78, 5) is 0. The van der Waals surface area contributed by atoms with Crippen molar-refractivity contribution in [2.24, 2.45) is 5.92 Å². The van der Waals surface area contributed by atoms with E-state index < -0.39 is 11.8 Å². The second-order valence-corrected chi connectivity index (χ2v) is 3.64. The Balaban J connectivity index is 0.000000921. The summed E-state index contributed by atoms with van der Waals surface area (Å²) in [5.74, 6) is -3.45. The Labute approximate surface area is 91.4 Å². The molecule has 0 aromatic heterocycles. The van der Waals surface area contributed by atoms with Crippen LogP contribution in [0.1, 0.15) is 34.6 Å². The van der Waals surface area contributed by atoms with Crippen molar-refractivity contribution in [3.05, 3.63) is 35.5 Å². The fourth-order valence-corrected chi connectivity index (χ4v) is 1.28. The Kier molecular flexibility index (Phi) is 5.48. The molecule has 1 aliphatic rings. The van der Waals surface area contributed by atoms with Crippen LogP contribution in [0.2, 0.25) is 0 Å². The first-order valence-electron chi connectivity index (χ1n) is 5.32. The van der Waals surface area contributed by atoms with Crippen LogP contribution in [0.4, 0.5) is 8.78 Å². The molecule has 0 aromatic rings. The van der Waals surface area contributed by atoms with Gasteiger partial charge in [-0.05, 0) is 13.8 Å². The lowest BCUT2D eigenvalue weighted by atomic mass is 9.99. The molecule has 0 saturated heterocycles. The smallest absolute Gasteiger partial charge is 0.206 e. The zero-order chi connectivity index (χ0) is 12.1. The van der Waals surface area contributed by atoms with Crippen LogP contribution in [0.25, 0.3) is 0 Å². The van der Waals surface area contributed by atoms with Crippen LogP contribution in [0.3, 0.4) is 0 Å². The maximum atomic E-state index is 13.0. The van der Waals surface area contributed by atoms with E-state index in [4.69, 9.17) is 0 Å². The summed E-state index contributed by atoms with van der Waals surface area (Å²) in [5.41, 5.74) is 1.78. The second kappa shape index (κ2) is 5.84. The molecule has 1 rings (SSSR count). The van der Waals surface area contributed by atoms with Crippen LogP contribution < -0.4 is 0 Å². The molecule has 0 atom stereocenters. The fourth-order valence-electron chi connectivity index (χ4n) is 1.28. The first-order chi connectivity index (χ1) is 6.89. The minimum Gasteiger partial charge on any atom is -0.206 e. The van der Waals surface area contributed by atoms with Crippen molar-refractivity contribution in [1.82, 2.24) is 0 Å². The third-order valence-corrected chi connectivity index (χ3v) is 2.08. The average Bonchev–Trinajstić information content (AvgIpc) is 2.31. The van der Waals surface area contributed by atoms with Crippen molar-refractivity contribution in [3.8, 4) is 0 Å². The van der Waals surface area contributed by atoms with Gasteiger partial charge in [-0.1, -0.05) is 49.3 Å². The SMILES string of the molecule is CC.CC1=CC(C(C)(F)F)C=C(C)C=C1. The number of halogens is 2. The van der Waals surface area contributed by atoms with Crippen LogP contribution in [-0.2, 0) is 0 Å². The molecule has 0 N–H and O–H groups in total. The highest BCUT2D eigenvalue weighted by Gasteiger charge is 2.30. The van der Waals surface area contributed by atoms with E-state index in [-0.39, 0.29) is 0 Å². The Morgan fingerprint density at radius 2 is 1.33 bits per heavy atom. The molecule has 0 aliphatic heterocycles. The number of rotatable bonds is 1. The highest BCUT2D eigenvalue weighted by Crippen LogP contribution is 2.29. The first kappa shape index (κ1) is 14.1. The average molecular weight is 214 g/mol. The molecule has 1 aliphatic carbocycles. The number of alkyl halides is 2. The molecule has 0 fully saturated rings. The Hall–Kier alpha value is -0.920. The van der Waals surface area contributed by atoms with Gasteiger partial charge in [0.25, 0.3) is 5.92 Å². The quantitative estimate of drug-likeness (QED) is 0.591. The van der Waals surface area contributed by atoms with E-state index in [0.717, 1.165) is 18.1 Å². The van der Waals surface area contributed by atoms with Gasteiger partial charge in [-0.25, -0.2) is 8.78 Å². The summed E-state index contributed by atoms with van der Waals surface area (Å²) < 4.78 is 26.0. The molecule has 0 radical (unpaired) electrons. The molecule has 0 spiro atoms. The molecular formula is C13H20F2. The summed E-state index contributed by atoms with van der Waals surface area (Å²) in [7, 11) is 0. The summed E-state index contributed by atoms with van der Waals surface area (Å²) >= 11 is 0. The highest BCUT2D eigenvalue weighted by atomic mass is 19.3. The maximum absolute atomic E-state index is 13.0. The maximum Gasteiger partial charge on any atom is 0.255 e. The van der Waals surface area contributed by atoms with Gasteiger partial charge in [0.15, 0.2) is 0 Å². The van der Waals surface area contributed by atoms with Crippen molar-refractivity contribution in [2.75, 3.05) is 0 Å². The molecule has 86 valence electrons. The van der Waals surface area contributed by atoms with Crippen molar-refractivity contribution in [1.29, 1.82) is 0 Å². The topological polar surface area (TPSA) is 0 Å². The third kappa shape index (κ3) is 4.91. The van der Waals surface area contributed by atoms with E-state index in [1.165, 1.54) is 0 Å². The van der Waals surface area contributed by atoms with E-state index in [1.54, 1.807) is 12.2 Å². The molecule has 0 unspecified atom stereocenters. The van der Waals surface area contributed by atoms with Gasteiger partial charge >= 0.3 is 0 Å². The molecule has 15 heavy (non-hydrogen) atoms. The van der Waals surface area contributed by atoms with Crippen molar-refractivity contribution >= 4 is 0 Å². The van der Waals surface area contributed by atoms with Gasteiger partial charge in [0.2, 0.25) is 0 Å². The molecule has 0 saturated carbocycles. The fraction of sp³-hybridized carbons (Fsp3) is 0.538. The highest BCUT2D eigenvalue weighted by molar-refractivity contribution is 5.32. The van der Waals surface area contributed by atoms with E-state index in [1.807, 2.05) is 39.8 Å². The van der Waals surface area contributed by atoms with Crippen molar-refractivity contribution in [3.63, 3.8) is 0 Å².